The number of amides is 1. The highest BCUT2D eigenvalue weighted by Crippen LogP contribution is 2.30. The molecule has 0 spiro atoms. The number of aromatic nitrogens is 1. The maximum atomic E-state index is 13.6. The minimum absolute atomic E-state index is 0. The van der Waals surface area contributed by atoms with Crippen molar-refractivity contribution in [2.75, 3.05) is 31.1 Å². The van der Waals surface area contributed by atoms with E-state index in [9.17, 15) is 19.3 Å². The third-order valence-electron chi connectivity index (χ3n) is 4.91. The second-order valence-electron chi connectivity index (χ2n) is 6.78. The largest absolute Gasteiger partial charge is 0.302 e. The van der Waals surface area contributed by atoms with Gasteiger partial charge in [-0.1, -0.05) is 37.3 Å². The lowest BCUT2D eigenvalue weighted by atomic mass is 10.1. The minimum atomic E-state index is -0.470. The van der Waals surface area contributed by atoms with E-state index in [4.69, 9.17) is 0 Å². The Kier molecular flexibility index (Phi) is 8.85. The maximum Gasteiger partial charge on any atom is 0.269 e. The molecular weight excluding hydrogens is 443 g/mol. The molecule has 0 atom stereocenters. The van der Waals surface area contributed by atoms with Gasteiger partial charge in [0.25, 0.3) is 5.69 Å². The van der Waals surface area contributed by atoms with Gasteiger partial charge in [0.15, 0.2) is 5.13 Å². The number of nitro groups is 1. The molecule has 0 aliphatic heterocycles. The van der Waals surface area contributed by atoms with Crippen LogP contribution in [0.3, 0.4) is 0 Å². The summed E-state index contributed by atoms with van der Waals surface area (Å²) in [6, 6.07) is 10.3. The van der Waals surface area contributed by atoms with Crippen LogP contribution in [0.25, 0.3) is 10.2 Å². The average Bonchev–Trinajstić information content (AvgIpc) is 3.14. The minimum Gasteiger partial charge on any atom is -0.302 e. The number of benzene rings is 2. The van der Waals surface area contributed by atoms with E-state index in [0.29, 0.717) is 34.0 Å². The Balaban J connectivity index is 0.00000341. The Labute approximate surface area is 190 Å². The van der Waals surface area contributed by atoms with Crippen LogP contribution in [0.1, 0.15) is 19.4 Å². The van der Waals surface area contributed by atoms with Crippen LogP contribution in [0.15, 0.2) is 42.5 Å². The maximum absolute atomic E-state index is 13.6. The molecule has 1 amide bonds. The molecule has 0 radical (unpaired) electrons. The first-order valence-electron chi connectivity index (χ1n) is 9.73. The quantitative estimate of drug-likeness (QED) is 0.338. The van der Waals surface area contributed by atoms with E-state index >= 15 is 0 Å². The van der Waals surface area contributed by atoms with Crippen molar-refractivity contribution in [1.82, 2.24) is 9.88 Å². The number of non-ortho nitro benzene ring substituents is 1. The SMILES string of the molecule is CCN(CC)CCN(C(=O)Cc1ccc([N+](=O)[O-])cc1)c1nc2ccc(F)cc2s1.Cl. The molecule has 0 aliphatic rings. The molecule has 3 rings (SSSR count). The average molecular weight is 467 g/mol. The highest BCUT2D eigenvalue weighted by Gasteiger charge is 2.21. The van der Waals surface area contributed by atoms with Gasteiger partial charge in [-0.2, -0.15) is 0 Å². The predicted molar refractivity (Wildman–Crippen MR) is 124 cm³/mol. The van der Waals surface area contributed by atoms with E-state index < -0.39 is 4.92 Å². The molecule has 1 heterocycles. The number of nitrogens with zero attached hydrogens (tertiary/aromatic N) is 4. The number of carbonyl (C=O) groups is 1. The first kappa shape index (κ1) is 24.6. The van der Waals surface area contributed by atoms with E-state index in [1.807, 2.05) is 0 Å². The fourth-order valence-electron chi connectivity index (χ4n) is 3.12. The molecule has 166 valence electrons. The molecule has 0 fully saturated rings. The molecule has 0 unspecified atom stereocenters. The molecular formula is C21H24ClFN4O3S. The Bertz CT molecular complexity index is 1040. The number of hydrogen-bond acceptors (Lipinski definition) is 6. The van der Waals surface area contributed by atoms with Crippen LogP contribution in [0, 0.1) is 15.9 Å². The molecule has 1 aromatic heterocycles. The third-order valence-corrected chi connectivity index (χ3v) is 5.95. The van der Waals surface area contributed by atoms with Gasteiger partial charge >= 0.3 is 0 Å². The highest BCUT2D eigenvalue weighted by atomic mass is 35.5. The molecule has 3 aromatic rings. The first-order valence-corrected chi connectivity index (χ1v) is 10.5. The molecule has 2 aromatic carbocycles. The summed E-state index contributed by atoms with van der Waals surface area (Å²) in [5, 5.41) is 11.4. The summed E-state index contributed by atoms with van der Waals surface area (Å²) in [5.74, 6) is -0.500. The van der Waals surface area contributed by atoms with Crippen molar-refractivity contribution in [3.05, 3.63) is 64.0 Å². The van der Waals surface area contributed by atoms with Gasteiger partial charge < -0.3 is 4.90 Å². The Morgan fingerprint density at radius 3 is 2.42 bits per heavy atom. The topological polar surface area (TPSA) is 79.6 Å². The fraction of sp³-hybridized carbons (Fsp3) is 0.333. The molecule has 0 aliphatic carbocycles. The van der Waals surface area contributed by atoms with Crippen molar-refractivity contribution in [3.63, 3.8) is 0 Å². The van der Waals surface area contributed by atoms with E-state index in [-0.39, 0.29) is 36.2 Å². The zero-order valence-corrected chi connectivity index (χ0v) is 18.9. The number of thiazole rings is 1. The van der Waals surface area contributed by atoms with Crippen LogP contribution in [0.4, 0.5) is 15.2 Å². The summed E-state index contributed by atoms with van der Waals surface area (Å²) in [6.07, 6.45) is 0.0977. The number of halogens is 2. The summed E-state index contributed by atoms with van der Waals surface area (Å²) in [4.78, 5) is 31.9. The number of carbonyl (C=O) groups excluding carboxylic acids is 1. The summed E-state index contributed by atoms with van der Waals surface area (Å²) in [5.41, 5.74) is 1.32. The fourth-order valence-corrected chi connectivity index (χ4v) is 4.15. The third kappa shape index (κ3) is 6.19. The summed E-state index contributed by atoms with van der Waals surface area (Å²) < 4.78 is 14.3. The van der Waals surface area contributed by atoms with Crippen molar-refractivity contribution < 1.29 is 14.1 Å². The first-order chi connectivity index (χ1) is 14.4. The number of fused-ring (bicyclic) bond motifs is 1. The number of nitro benzene ring substituents is 1. The molecule has 31 heavy (non-hydrogen) atoms. The highest BCUT2D eigenvalue weighted by molar-refractivity contribution is 7.22. The van der Waals surface area contributed by atoms with Gasteiger partial charge in [-0.25, -0.2) is 9.37 Å². The second-order valence-corrected chi connectivity index (χ2v) is 7.79. The number of likely N-dealkylation sites (N-methyl/N-ethyl adjacent to an activating group) is 1. The molecule has 0 N–H and O–H groups in total. The van der Waals surface area contributed by atoms with Gasteiger partial charge in [-0.15, -0.1) is 12.4 Å². The predicted octanol–water partition coefficient (Wildman–Crippen LogP) is 4.68. The summed E-state index contributed by atoms with van der Waals surface area (Å²) >= 11 is 1.28. The van der Waals surface area contributed by atoms with Gasteiger partial charge in [0.2, 0.25) is 5.91 Å². The van der Waals surface area contributed by atoms with Crippen LogP contribution in [0.2, 0.25) is 0 Å². The smallest absolute Gasteiger partial charge is 0.269 e. The van der Waals surface area contributed by atoms with Crippen molar-refractivity contribution in [1.29, 1.82) is 0 Å². The van der Waals surface area contributed by atoms with E-state index in [0.717, 1.165) is 13.1 Å². The normalized spacial score (nSPS) is 10.8. The van der Waals surface area contributed by atoms with Crippen LogP contribution < -0.4 is 4.90 Å². The Morgan fingerprint density at radius 1 is 1.13 bits per heavy atom. The van der Waals surface area contributed by atoms with Crippen molar-refractivity contribution >= 4 is 50.7 Å². The van der Waals surface area contributed by atoms with Crippen molar-refractivity contribution in [2.24, 2.45) is 0 Å². The molecule has 10 heteroatoms. The van der Waals surface area contributed by atoms with Crippen LogP contribution in [-0.2, 0) is 11.2 Å². The van der Waals surface area contributed by atoms with E-state index in [1.165, 1.54) is 35.6 Å². The van der Waals surface area contributed by atoms with Gasteiger partial charge in [-0.05, 0) is 36.9 Å². The molecule has 0 saturated heterocycles. The second kappa shape index (κ2) is 11.1. The van der Waals surface area contributed by atoms with Crippen LogP contribution in [0.5, 0.6) is 0 Å². The van der Waals surface area contributed by atoms with Gasteiger partial charge in [0.1, 0.15) is 5.82 Å². The van der Waals surface area contributed by atoms with Crippen molar-refractivity contribution in [2.45, 2.75) is 20.3 Å². The van der Waals surface area contributed by atoms with Crippen LogP contribution >= 0.6 is 23.7 Å². The lowest BCUT2D eigenvalue weighted by Crippen LogP contribution is -2.39. The number of hydrogen-bond donors (Lipinski definition) is 0. The molecule has 0 saturated carbocycles. The lowest BCUT2D eigenvalue weighted by Gasteiger charge is -2.24. The van der Waals surface area contributed by atoms with Gasteiger partial charge in [-0.3, -0.25) is 19.8 Å². The molecule has 7 nitrogen and oxygen atoms in total. The Hall–Kier alpha value is -2.62. The Morgan fingerprint density at radius 2 is 1.81 bits per heavy atom. The van der Waals surface area contributed by atoms with Crippen LogP contribution in [-0.4, -0.2) is 46.9 Å². The van der Waals surface area contributed by atoms with Crippen molar-refractivity contribution in [3.8, 4) is 0 Å². The monoisotopic (exact) mass is 466 g/mol. The van der Waals surface area contributed by atoms with Gasteiger partial charge in [0, 0.05) is 25.2 Å². The number of rotatable bonds is 9. The van der Waals surface area contributed by atoms with E-state index in [2.05, 4.69) is 23.7 Å². The van der Waals surface area contributed by atoms with Gasteiger partial charge in [0.05, 0.1) is 21.6 Å². The summed E-state index contributed by atoms with van der Waals surface area (Å²) in [7, 11) is 0. The summed E-state index contributed by atoms with van der Waals surface area (Å²) in [6.45, 7) is 7.00. The zero-order chi connectivity index (χ0) is 21.7. The lowest BCUT2D eigenvalue weighted by molar-refractivity contribution is -0.384. The van der Waals surface area contributed by atoms with E-state index in [1.54, 1.807) is 23.1 Å². The zero-order valence-electron chi connectivity index (χ0n) is 17.3. The standard InChI is InChI=1S/C21H23FN4O3S.ClH/c1-3-24(4-2)11-12-25(21-23-18-10-7-16(22)14-19(18)30-21)20(27)13-15-5-8-17(9-6-15)26(28)29;/h5-10,14H,3-4,11-13H2,1-2H3;1H. The molecule has 0 bridgehead atoms. The number of anilines is 1.